The van der Waals surface area contributed by atoms with Gasteiger partial charge in [-0.15, -0.1) is 0 Å². The number of carboxylic acids is 1. The van der Waals surface area contributed by atoms with E-state index in [4.69, 9.17) is 9.84 Å². The van der Waals surface area contributed by atoms with Gasteiger partial charge in [0.25, 0.3) is 0 Å². The van der Waals surface area contributed by atoms with Gasteiger partial charge in [0.2, 0.25) is 5.91 Å². The lowest BCUT2D eigenvalue weighted by Gasteiger charge is -2.56. The zero-order valence-electron chi connectivity index (χ0n) is 13.1. The monoisotopic (exact) mass is 342 g/mol. The van der Waals surface area contributed by atoms with Crippen LogP contribution in [0.25, 0.3) is 0 Å². The first kappa shape index (κ1) is 16.7. The second kappa shape index (κ2) is 6.78. The third-order valence-corrected chi connectivity index (χ3v) is 6.02. The molecule has 0 aliphatic carbocycles. The fourth-order valence-electron chi connectivity index (χ4n) is 3.99. The van der Waals surface area contributed by atoms with Crippen LogP contribution in [-0.4, -0.2) is 76.6 Å². The first-order valence-electron chi connectivity index (χ1n) is 7.94. The number of morpholine rings is 1. The van der Waals surface area contributed by atoms with Crippen LogP contribution < -0.4 is 5.32 Å². The quantitative estimate of drug-likeness (QED) is 0.686. The molecular weight excluding hydrogens is 320 g/mol. The Morgan fingerprint density at radius 2 is 2.04 bits per heavy atom. The van der Waals surface area contributed by atoms with E-state index >= 15 is 0 Å². The maximum Gasteiger partial charge on any atom is 0.327 e. The van der Waals surface area contributed by atoms with Crippen LogP contribution in [0.4, 0.5) is 0 Å². The van der Waals surface area contributed by atoms with Gasteiger partial charge in [-0.05, 0) is 12.8 Å². The largest absolute Gasteiger partial charge is 0.480 e. The summed E-state index contributed by atoms with van der Waals surface area (Å²) in [5.74, 6) is -0.140. The fraction of sp³-hybridized carbons (Fsp3) is 0.800. The molecule has 4 atom stereocenters. The van der Waals surface area contributed by atoms with Crippen molar-refractivity contribution in [3.8, 4) is 0 Å². The minimum atomic E-state index is -1.05. The lowest BCUT2D eigenvalue weighted by molar-refractivity contribution is -0.164. The molecule has 128 valence electrons. The predicted molar refractivity (Wildman–Crippen MR) is 84.3 cm³/mol. The van der Waals surface area contributed by atoms with Gasteiger partial charge in [0.1, 0.15) is 6.04 Å². The normalized spacial score (nSPS) is 36.6. The number of ketones is 1. The fourth-order valence-corrected chi connectivity index (χ4v) is 5.15. The number of nitrogens with one attached hydrogen (secondary N) is 1. The number of ether oxygens (including phenoxy) is 1. The molecule has 4 heterocycles. The maximum absolute atomic E-state index is 12.5. The van der Waals surface area contributed by atoms with E-state index in [-0.39, 0.29) is 23.6 Å². The van der Waals surface area contributed by atoms with Crippen molar-refractivity contribution in [2.75, 3.05) is 24.7 Å². The van der Waals surface area contributed by atoms with Gasteiger partial charge in [-0.2, -0.15) is 11.8 Å². The molecule has 4 bridgehead atoms. The lowest BCUT2D eigenvalue weighted by atomic mass is 9.74. The van der Waals surface area contributed by atoms with Crippen LogP contribution in [0, 0.1) is 5.92 Å². The summed E-state index contributed by atoms with van der Waals surface area (Å²) in [6, 6.07) is -0.410. The van der Waals surface area contributed by atoms with Crippen molar-refractivity contribution in [3.05, 3.63) is 0 Å². The van der Waals surface area contributed by atoms with Crippen LogP contribution in [-0.2, 0) is 19.1 Å². The highest BCUT2D eigenvalue weighted by Gasteiger charge is 2.52. The highest BCUT2D eigenvalue weighted by atomic mass is 32.2. The van der Waals surface area contributed by atoms with E-state index in [1.165, 1.54) is 18.7 Å². The molecule has 0 radical (unpaired) electrons. The van der Waals surface area contributed by atoms with Gasteiger partial charge in [0.15, 0.2) is 5.78 Å². The molecule has 7 nitrogen and oxygen atoms in total. The zero-order valence-corrected chi connectivity index (χ0v) is 13.9. The third kappa shape index (κ3) is 3.39. The van der Waals surface area contributed by atoms with Crippen LogP contribution in [0.2, 0.25) is 0 Å². The van der Waals surface area contributed by atoms with Crippen molar-refractivity contribution in [2.24, 2.45) is 5.92 Å². The van der Waals surface area contributed by atoms with Crippen LogP contribution in [0.3, 0.4) is 0 Å². The van der Waals surface area contributed by atoms with E-state index in [2.05, 4.69) is 10.2 Å². The number of amides is 1. The molecule has 0 spiro atoms. The van der Waals surface area contributed by atoms with E-state index in [1.807, 2.05) is 0 Å². The highest BCUT2D eigenvalue weighted by molar-refractivity contribution is 7.99. The number of rotatable bonds is 6. The summed E-state index contributed by atoms with van der Waals surface area (Å²) in [6.07, 6.45) is 1.78. The average Bonchev–Trinajstić information content (AvgIpc) is 2.47. The first-order chi connectivity index (χ1) is 11.0. The molecule has 4 saturated heterocycles. The molecule has 23 heavy (non-hydrogen) atoms. The van der Waals surface area contributed by atoms with Gasteiger partial charge in [-0.3, -0.25) is 14.5 Å². The highest BCUT2D eigenvalue weighted by Crippen LogP contribution is 2.41. The van der Waals surface area contributed by atoms with E-state index in [9.17, 15) is 14.4 Å². The first-order valence-corrected chi connectivity index (χ1v) is 9.09. The number of nitrogens with zero attached hydrogens (tertiary/aromatic N) is 1. The standard InChI is InChI=1S/C15H22N2O5S/c1-8(18)16-12(15(20)21)6-23-7-13-14(19)9-2-10-4-22-5-11(3-9)17(10)13/h9-13H,2-7H2,1H3,(H,16,18)(H,20,21)/t9?,10?,11?,12-,13?/m0/s1. The Morgan fingerprint density at radius 3 is 2.61 bits per heavy atom. The summed E-state index contributed by atoms with van der Waals surface area (Å²) in [5, 5.41) is 11.5. The Morgan fingerprint density at radius 1 is 1.39 bits per heavy atom. The van der Waals surface area contributed by atoms with Gasteiger partial charge < -0.3 is 15.2 Å². The number of hydrogen-bond acceptors (Lipinski definition) is 6. The van der Waals surface area contributed by atoms with Crippen molar-refractivity contribution in [1.29, 1.82) is 0 Å². The number of thioether (sulfide) groups is 1. The summed E-state index contributed by atoms with van der Waals surface area (Å²) >= 11 is 1.42. The van der Waals surface area contributed by atoms with Crippen molar-refractivity contribution >= 4 is 29.4 Å². The van der Waals surface area contributed by atoms with Gasteiger partial charge in [0, 0.05) is 36.4 Å². The molecular formula is C15H22N2O5S. The van der Waals surface area contributed by atoms with Gasteiger partial charge >= 0.3 is 5.97 Å². The Hall–Kier alpha value is -1.12. The number of carbonyl (C=O) groups is 3. The SMILES string of the molecule is CC(=O)N[C@@H](CSCC1C(=O)C2CC3COCC(C2)N31)C(=O)O. The van der Waals surface area contributed by atoms with E-state index in [0.717, 1.165) is 12.8 Å². The molecule has 0 saturated carbocycles. The number of carboxylic acid groups (broad SMARTS) is 1. The summed E-state index contributed by atoms with van der Waals surface area (Å²) in [4.78, 5) is 37.0. The smallest absolute Gasteiger partial charge is 0.327 e. The molecule has 8 heteroatoms. The van der Waals surface area contributed by atoms with Gasteiger partial charge in [0.05, 0.1) is 19.3 Å². The molecule has 2 N–H and O–H groups in total. The molecule has 0 aromatic carbocycles. The molecule has 4 aliphatic rings. The van der Waals surface area contributed by atoms with Crippen molar-refractivity contribution < 1.29 is 24.2 Å². The minimum Gasteiger partial charge on any atom is -0.480 e. The van der Waals surface area contributed by atoms with E-state index in [0.29, 0.717) is 36.8 Å². The molecule has 0 aromatic rings. The summed E-state index contributed by atoms with van der Waals surface area (Å²) in [5.41, 5.74) is 0. The summed E-state index contributed by atoms with van der Waals surface area (Å²) < 4.78 is 5.61. The second-order valence-electron chi connectivity index (χ2n) is 6.51. The van der Waals surface area contributed by atoms with Crippen LogP contribution in [0.1, 0.15) is 19.8 Å². The Labute approximate surface area is 139 Å². The molecule has 4 rings (SSSR count). The molecule has 1 amide bonds. The number of hydrogen-bond donors (Lipinski definition) is 2. The molecule has 3 unspecified atom stereocenters. The average molecular weight is 342 g/mol. The van der Waals surface area contributed by atoms with Crippen LogP contribution >= 0.6 is 11.8 Å². The Bertz CT molecular complexity index is 500. The number of Topliss-reactive ketones (excluding diaryl/α,β-unsaturated/α-hetero) is 1. The zero-order chi connectivity index (χ0) is 16.6. The molecule has 4 fully saturated rings. The van der Waals surface area contributed by atoms with Gasteiger partial charge in [-0.1, -0.05) is 0 Å². The number of aliphatic carboxylic acids is 1. The maximum atomic E-state index is 12.5. The Kier molecular flexibility index (Phi) is 4.93. The summed E-state index contributed by atoms with van der Waals surface area (Å²) in [6.45, 7) is 2.67. The second-order valence-corrected chi connectivity index (χ2v) is 7.58. The predicted octanol–water partition coefficient (Wildman–Crippen LogP) is -0.260. The van der Waals surface area contributed by atoms with E-state index < -0.39 is 12.0 Å². The van der Waals surface area contributed by atoms with Crippen LogP contribution in [0.15, 0.2) is 0 Å². The van der Waals surface area contributed by atoms with Gasteiger partial charge in [-0.25, -0.2) is 4.79 Å². The summed E-state index contributed by atoms with van der Waals surface area (Å²) in [7, 11) is 0. The van der Waals surface area contributed by atoms with Crippen molar-refractivity contribution in [2.45, 2.75) is 43.9 Å². The lowest BCUT2D eigenvalue weighted by Crippen LogP contribution is -2.69. The topological polar surface area (TPSA) is 95.9 Å². The van der Waals surface area contributed by atoms with E-state index in [1.54, 1.807) is 0 Å². The van der Waals surface area contributed by atoms with Crippen molar-refractivity contribution in [1.82, 2.24) is 10.2 Å². The third-order valence-electron chi connectivity index (χ3n) is 4.90. The molecule has 0 aromatic heterocycles. The van der Waals surface area contributed by atoms with Crippen molar-refractivity contribution in [3.63, 3.8) is 0 Å². The number of carbonyl (C=O) groups excluding carboxylic acids is 2. The van der Waals surface area contributed by atoms with Crippen LogP contribution in [0.5, 0.6) is 0 Å². The number of fused-ring (bicyclic) bond motifs is 1. The minimum absolute atomic E-state index is 0.134. The molecule has 4 aliphatic heterocycles. The number of piperidine rings is 3. The Balaban J connectivity index is 1.58.